The second-order valence-electron chi connectivity index (χ2n) is 6.70. The van der Waals surface area contributed by atoms with E-state index in [0.717, 1.165) is 11.8 Å². The van der Waals surface area contributed by atoms with Crippen LogP contribution >= 0.6 is 11.6 Å². The number of carbonyl (C=O) groups is 1. The Morgan fingerprint density at radius 3 is 2.12 bits per heavy atom. The summed E-state index contributed by atoms with van der Waals surface area (Å²) in [4.78, 5) is 12.5. The molecule has 1 N–H and O–H groups in total. The Balaban J connectivity index is 2.27. The van der Waals surface area contributed by atoms with Crippen LogP contribution in [0.1, 0.15) is 36.7 Å². The van der Waals surface area contributed by atoms with Gasteiger partial charge in [0.25, 0.3) is 5.91 Å². The van der Waals surface area contributed by atoms with Crippen molar-refractivity contribution in [2.24, 2.45) is 0 Å². The second kappa shape index (κ2) is 6.57. The van der Waals surface area contributed by atoms with Gasteiger partial charge < -0.3 is 5.32 Å². The van der Waals surface area contributed by atoms with E-state index in [1.165, 1.54) is 18.2 Å². The van der Waals surface area contributed by atoms with Gasteiger partial charge in [0.2, 0.25) is 0 Å². The summed E-state index contributed by atoms with van der Waals surface area (Å²) in [5.74, 6) is -0.344. The van der Waals surface area contributed by atoms with E-state index in [0.29, 0.717) is 5.56 Å². The van der Waals surface area contributed by atoms with Crippen LogP contribution in [0.4, 0.5) is 5.69 Å². The van der Waals surface area contributed by atoms with Gasteiger partial charge in [0, 0.05) is 11.8 Å². The third-order valence-corrected chi connectivity index (χ3v) is 5.07. The van der Waals surface area contributed by atoms with Gasteiger partial charge in [-0.05, 0) is 41.3 Å². The molecule has 0 spiro atoms. The quantitative estimate of drug-likeness (QED) is 0.882. The zero-order valence-electron chi connectivity index (χ0n) is 14.1. The standard InChI is InChI=1S/C18H20ClNO3S/c1-18(2,3)13-7-5-12(6-8-13)17(21)20-16-11-14(24(4,22)23)9-10-15(16)19/h5-11H,1-4H3,(H,20,21). The maximum atomic E-state index is 12.4. The van der Waals surface area contributed by atoms with Crippen molar-refractivity contribution >= 4 is 33.0 Å². The smallest absolute Gasteiger partial charge is 0.255 e. The summed E-state index contributed by atoms with van der Waals surface area (Å²) in [7, 11) is -3.37. The van der Waals surface area contributed by atoms with E-state index in [1.54, 1.807) is 12.1 Å². The van der Waals surface area contributed by atoms with Crippen molar-refractivity contribution in [3.8, 4) is 0 Å². The number of rotatable bonds is 3. The molecule has 24 heavy (non-hydrogen) atoms. The lowest BCUT2D eigenvalue weighted by atomic mass is 9.87. The Morgan fingerprint density at radius 2 is 1.62 bits per heavy atom. The van der Waals surface area contributed by atoms with Gasteiger partial charge in [0.15, 0.2) is 9.84 Å². The lowest BCUT2D eigenvalue weighted by molar-refractivity contribution is 0.102. The average molecular weight is 366 g/mol. The molecule has 0 saturated heterocycles. The summed E-state index contributed by atoms with van der Waals surface area (Å²) in [5, 5.41) is 2.94. The van der Waals surface area contributed by atoms with E-state index < -0.39 is 9.84 Å². The third-order valence-electron chi connectivity index (χ3n) is 3.63. The number of hydrogen-bond donors (Lipinski definition) is 1. The Morgan fingerprint density at radius 1 is 1.04 bits per heavy atom. The molecule has 0 unspecified atom stereocenters. The molecule has 0 bridgehead atoms. The third kappa shape index (κ3) is 4.36. The van der Waals surface area contributed by atoms with Crippen LogP contribution in [0.25, 0.3) is 0 Å². The molecule has 0 aliphatic carbocycles. The summed E-state index contributed by atoms with van der Waals surface area (Å²) in [6.07, 6.45) is 1.10. The molecule has 2 aromatic rings. The number of anilines is 1. The van der Waals surface area contributed by atoms with E-state index in [-0.39, 0.29) is 26.9 Å². The highest BCUT2D eigenvalue weighted by atomic mass is 35.5. The fourth-order valence-corrected chi connectivity index (χ4v) is 2.96. The molecular formula is C18H20ClNO3S. The van der Waals surface area contributed by atoms with Crippen molar-refractivity contribution in [3.63, 3.8) is 0 Å². The summed E-state index contributed by atoms with van der Waals surface area (Å²) in [5.41, 5.74) is 1.87. The molecule has 0 aliphatic heterocycles. The predicted molar refractivity (Wildman–Crippen MR) is 97.7 cm³/mol. The Labute approximate surface area is 147 Å². The molecule has 2 rings (SSSR count). The maximum absolute atomic E-state index is 12.4. The van der Waals surface area contributed by atoms with Gasteiger partial charge in [0.1, 0.15) is 0 Å². The SMILES string of the molecule is CC(C)(C)c1ccc(C(=O)Nc2cc(S(C)(=O)=O)ccc2Cl)cc1. The van der Waals surface area contributed by atoms with E-state index in [2.05, 4.69) is 26.1 Å². The molecule has 0 saturated carbocycles. The minimum Gasteiger partial charge on any atom is -0.321 e. The number of nitrogens with one attached hydrogen (secondary N) is 1. The number of carbonyl (C=O) groups excluding carboxylic acids is 1. The Bertz CT molecular complexity index is 866. The first-order valence-corrected chi connectivity index (χ1v) is 9.67. The number of benzene rings is 2. The van der Waals surface area contributed by atoms with Crippen LogP contribution in [-0.2, 0) is 15.3 Å². The molecule has 0 fully saturated rings. The Hall–Kier alpha value is -1.85. The molecule has 4 nitrogen and oxygen atoms in total. The fraction of sp³-hybridized carbons (Fsp3) is 0.278. The van der Waals surface area contributed by atoms with Crippen LogP contribution in [0, 0.1) is 0 Å². The summed E-state index contributed by atoms with van der Waals surface area (Å²) in [6, 6.07) is 11.5. The van der Waals surface area contributed by atoms with Crippen LogP contribution in [0.15, 0.2) is 47.4 Å². The van der Waals surface area contributed by atoms with Gasteiger partial charge >= 0.3 is 0 Å². The zero-order chi connectivity index (χ0) is 18.1. The molecule has 0 aromatic heterocycles. The molecule has 128 valence electrons. The first kappa shape index (κ1) is 18.5. The predicted octanol–water partition coefficient (Wildman–Crippen LogP) is 4.29. The van der Waals surface area contributed by atoms with Crippen molar-refractivity contribution in [1.29, 1.82) is 0 Å². The summed E-state index contributed by atoms with van der Waals surface area (Å²) >= 11 is 6.05. The monoisotopic (exact) mass is 365 g/mol. The topological polar surface area (TPSA) is 63.2 Å². The highest BCUT2D eigenvalue weighted by Gasteiger charge is 2.16. The highest BCUT2D eigenvalue weighted by molar-refractivity contribution is 7.90. The molecule has 0 atom stereocenters. The number of amides is 1. The Kier molecular flexibility index (Phi) is 5.06. The van der Waals surface area contributed by atoms with E-state index >= 15 is 0 Å². The van der Waals surface area contributed by atoms with E-state index in [1.807, 2.05) is 12.1 Å². The van der Waals surface area contributed by atoms with Gasteiger partial charge in [-0.15, -0.1) is 0 Å². The van der Waals surface area contributed by atoms with Crippen LogP contribution < -0.4 is 5.32 Å². The van der Waals surface area contributed by atoms with Crippen molar-refractivity contribution in [1.82, 2.24) is 0 Å². The summed E-state index contributed by atoms with van der Waals surface area (Å²) < 4.78 is 23.3. The average Bonchev–Trinajstić information content (AvgIpc) is 2.47. The highest BCUT2D eigenvalue weighted by Crippen LogP contribution is 2.26. The fourth-order valence-electron chi connectivity index (χ4n) is 2.15. The molecule has 0 aliphatic rings. The van der Waals surface area contributed by atoms with E-state index in [4.69, 9.17) is 11.6 Å². The van der Waals surface area contributed by atoms with Crippen LogP contribution in [0.5, 0.6) is 0 Å². The van der Waals surface area contributed by atoms with Crippen LogP contribution in [-0.4, -0.2) is 20.6 Å². The number of halogens is 1. The van der Waals surface area contributed by atoms with Gasteiger partial charge in [-0.1, -0.05) is 44.5 Å². The van der Waals surface area contributed by atoms with Crippen molar-refractivity contribution in [3.05, 3.63) is 58.6 Å². The maximum Gasteiger partial charge on any atom is 0.255 e. The lowest BCUT2D eigenvalue weighted by Gasteiger charge is -2.19. The molecule has 2 aromatic carbocycles. The zero-order valence-corrected chi connectivity index (χ0v) is 15.6. The van der Waals surface area contributed by atoms with Gasteiger partial charge in [-0.3, -0.25) is 4.79 Å². The minimum absolute atomic E-state index is 0.00211. The number of sulfone groups is 1. The second-order valence-corrected chi connectivity index (χ2v) is 9.12. The molecule has 0 heterocycles. The van der Waals surface area contributed by atoms with Crippen molar-refractivity contribution < 1.29 is 13.2 Å². The molecule has 0 radical (unpaired) electrons. The summed E-state index contributed by atoms with van der Waals surface area (Å²) in [6.45, 7) is 6.29. The molecular weight excluding hydrogens is 346 g/mol. The minimum atomic E-state index is -3.37. The van der Waals surface area contributed by atoms with Crippen molar-refractivity contribution in [2.75, 3.05) is 11.6 Å². The largest absolute Gasteiger partial charge is 0.321 e. The van der Waals surface area contributed by atoms with Gasteiger partial charge in [0.05, 0.1) is 15.6 Å². The normalized spacial score (nSPS) is 12.0. The van der Waals surface area contributed by atoms with Gasteiger partial charge in [-0.25, -0.2) is 8.42 Å². The van der Waals surface area contributed by atoms with Crippen LogP contribution in [0.3, 0.4) is 0 Å². The van der Waals surface area contributed by atoms with E-state index in [9.17, 15) is 13.2 Å². The number of hydrogen-bond acceptors (Lipinski definition) is 3. The lowest BCUT2D eigenvalue weighted by Crippen LogP contribution is -2.14. The first-order chi connectivity index (χ1) is 11.0. The molecule has 6 heteroatoms. The van der Waals surface area contributed by atoms with Crippen molar-refractivity contribution in [2.45, 2.75) is 31.1 Å². The van der Waals surface area contributed by atoms with Crippen LogP contribution in [0.2, 0.25) is 5.02 Å². The molecule has 1 amide bonds. The first-order valence-electron chi connectivity index (χ1n) is 7.40. The van der Waals surface area contributed by atoms with Gasteiger partial charge in [-0.2, -0.15) is 0 Å².